The van der Waals surface area contributed by atoms with E-state index in [2.05, 4.69) is 10.1 Å². The van der Waals surface area contributed by atoms with Gasteiger partial charge in [-0.05, 0) is 32.8 Å². The molecule has 1 aliphatic carbocycles. The predicted molar refractivity (Wildman–Crippen MR) is 75.8 cm³/mol. The second-order valence-electron chi connectivity index (χ2n) is 5.47. The standard InChI is InChI=1S/C15H17F2N3O2/c1-3-22-11(21)7-20-15-12(13(19-20)9-4-5-9)10(14(16)17)6-8(2)18-15/h6,9,14H,3-5,7H2,1-2H3. The molecule has 5 nitrogen and oxygen atoms in total. The number of nitrogens with zero attached hydrogens (tertiary/aromatic N) is 3. The topological polar surface area (TPSA) is 57.0 Å². The number of hydrogen-bond acceptors (Lipinski definition) is 4. The van der Waals surface area contributed by atoms with Gasteiger partial charge >= 0.3 is 5.97 Å². The molecule has 0 radical (unpaired) electrons. The van der Waals surface area contributed by atoms with Crippen LogP contribution in [-0.4, -0.2) is 27.3 Å². The van der Waals surface area contributed by atoms with Crippen LogP contribution in [0.2, 0.25) is 0 Å². The van der Waals surface area contributed by atoms with Crippen LogP contribution in [0.4, 0.5) is 8.78 Å². The van der Waals surface area contributed by atoms with Crippen LogP contribution in [0, 0.1) is 6.92 Å². The number of hydrogen-bond donors (Lipinski definition) is 0. The van der Waals surface area contributed by atoms with E-state index in [-0.39, 0.29) is 24.6 Å². The minimum Gasteiger partial charge on any atom is -0.465 e. The van der Waals surface area contributed by atoms with Crippen molar-refractivity contribution in [3.63, 3.8) is 0 Å². The molecule has 0 bridgehead atoms. The summed E-state index contributed by atoms with van der Waals surface area (Å²) >= 11 is 0. The Bertz CT molecular complexity index is 723. The van der Waals surface area contributed by atoms with E-state index in [1.54, 1.807) is 13.8 Å². The maximum Gasteiger partial charge on any atom is 0.327 e. The Morgan fingerprint density at radius 3 is 2.82 bits per heavy atom. The SMILES string of the molecule is CCOC(=O)Cn1nc(C2CC2)c2c(C(F)F)cc(C)nc21. The van der Waals surface area contributed by atoms with E-state index in [4.69, 9.17) is 4.74 Å². The fourth-order valence-electron chi connectivity index (χ4n) is 2.61. The summed E-state index contributed by atoms with van der Waals surface area (Å²) in [5.41, 5.74) is 1.39. The first-order valence-corrected chi connectivity index (χ1v) is 7.33. The smallest absolute Gasteiger partial charge is 0.327 e. The lowest BCUT2D eigenvalue weighted by Crippen LogP contribution is -2.15. The summed E-state index contributed by atoms with van der Waals surface area (Å²) in [6.45, 7) is 3.52. The van der Waals surface area contributed by atoms with Crippen LogP contribution in [0.25, 0.3) is 11.0 Å². The highest BCUT2D eigenvalue weighted by Gasteiger charge is 2.32. The minimum atomic E-state index is -2.60. The van der Waals surface area contributed by atoms with Gasteiger partial charge in [0, 0.05) is 17.2 Å². The van der Waals surface area contributed by atoms with Crippen LogP contribution in [0.3, 0.4) is 0 Å². The number of alkyl halides is 2. The highest BCUT2D eigenvalue weighted by molar-refractivity contribution is 5.85. The van der Waals surface area contributed by atoms with E-state index in [9.17, 15) is 13.6 Å². The predicted octanol–water partition coefficient (Wildman–Crippen LogP) is 3.12. The van der Waals surface area contributed by atoms with Gasteiger partial charge in [0.25, 0.3) is 6.43 Å². The van der Waals surface area contributed by atoms with Crippen LogP contribution in [0.1, 0.15) is 49.1 Å². The van der Waals surface area contributed by atoms with E-state index in [1.165, 1.54) is 10.7 Å². The Morgan fingerprint density at radius 1 is 1.50 bits per heavy atom. The number of carbonyl (C=O) groups is 1. The molecule has 0 N–H and O–H groups in total. The molecule has 0 amide bonds. The van der Waals surface area contributed by atoms with Gasteiger partial charge in [0.1, 0.15) is 6.54 Å². The molecule has 118 valence electrons. The van der Waals surface area contributed by atoms with Gasteiger partial charge in [0.05, 0.1) is 17.7 Å². The quantitative estimate of drug-likeness (QED) is 0.796. The summed E-state index contributed by atoms with van der Waals surface area (Å²) in [5.74, 6) is -0.260. The summed E-state index contributed by atoms with van der Waals surface area (Å²) in [6, 6.07) is 1.40. The molecule has 1 fully saturated rings. The molecule has 0 atom stereocenters. The molecule has 0 aromatic carbocycles. The molecule has 1 aliphatic rings. The Morgan fingerprint density at radius 2 is 2.23 bits per heavy atom. The second kappa shape index (κ2) is 5.62. The molecule has 2 aromatic heterocycles. The first-order valence-electron chi connectivity index (χ1n) is 7.33. The highest BCUT2D eigenvalue weighted by Crippen LogP contribution is 2.44. The van der Waals surface area contributed by atoms with Gasteiger partial charge in [0.15, 0.2) is 5.65 Å². The lowest BCUT2D eigenvalue weighted by atomic mass is 10.1. The first-order chi connectivity index (χ1) is 10.5. The molecule has 0 unspecified atom stereocenters. The lowest BCUT2D eigenvalue weighted by molar-refractivity contribution is -0.143. The number of pyridine rings is 1. The highest BCUT2D eigenvalue weighted by atomic mass is 19.3. The third kappa shape index (κ3) is 2.67. The molecule has 7 heteroatoms. The van der Waals surface area contributed by atoms with Crippen LogP contribution < -0.4 is 0 Å². The van der Waals surface area contributed by atoms with Gasteiger partial charge in [0.2, 0.25) is 0 Å². The number of aryl methyl sites for hydroxylation is 1. The van der Waals surface area contributed by atoms with Crippen molar-refractivity contribution in [2.75, 3.05) is 6.61 Å². The Hall–Kier alpha value is -2.05. The number of aromatic nitrogens is 3. The normalized spacial score (nSPS) is 14.8. The number of fused-ring (bicyclic) bond motifs is 1. The van der Waals surface area contributed by atoms with Gasteiger partial charge in [-0.15, -0.1) is 0 Å². The van der Waals surface area contributed by atoms with Crippen molar-refractivity contribution in [2.24, 2.45) is 0 Å². The van der Waals surface area contributed by atoms with Crippen LogP contribution in [0.5, 0.6) is 0 Å². The fourth-order valence-corrected chi connectivity index (χ4v) is 2.61. The van der Waals surface area contributed by atoms with Gasteiger partial charge in [-0.3, -0.25) is 4.79 Å². The summed E-state index contributed by atoms with van der Waals surface area (Å²) in [5, 5.41) is 4.77. The number of carbonyl (C=O) groups excluding carboxylic acids is 1. The van der Waals surface area contributed by atoms with Crippen molar-refractivity contribution in [3.05, 3.63) is 23.0 Å². The van der Waals surface area contributed by atoms with Crippen molar-refractivity contribution in [3.8, 4) is 0 Å². The van der Waals surface area contributed by atoms with E-state index >= 15 is 0 Å². The number of ether oxygens (including phenoxy) is 1. The van der Waals surface area contributed by atoms with E-state index in [1.807, 2.05) is 0 Å². The molecule has 3 rings (SSSR count). The Balaban J connectivity index is 2.15. The molecular formula is C15H17F2N3O2. The van der Waals surface area contributed by atoms with E-state index < -0.39 is 12.4 Å². The molecule has 2 aromatic rings. The molecule has 2 heterocycles. The van der Waals surface area contributed by atoms with Crippen molar-refractivity contribution in [2.45, 2.75) is 45.6 Å². The van der Waals surface area contributed by atoms with Crippen LogP contribution in [-0.2, 0) is 16.1 Å². The molecule has 0 saturated heterocycles. The zero-order valence-corrected chi connectivity index (χ0v) is 12.5. The summed E-state index contributed by atoms with van der Waals surface area (Å²) in [6.07, 6.45) is -0.730. The molecular weight excluding hydrogens is 292 g/mol. The third-order valence-electron chi connectivity index (χ3n) is 3.67. The molecule has 1 saturated carbocycles. The minimum absolute atomic E-state index is 0.0560. The molecule has 0 spiro atoms. The summed E-state index contributed by atoms with van der Waals surface area (Å²) < 4.78 is 33.1. The van der Waals surface area contributed by atoms with Crippen molar-refractivity contribution in [1.29, 1.82) is 0 Å². The summed E-state index contributed by atoms with van der Waals surface area (Å²) in [7, 11) is 0. The summed E-state index contributed by atoms with van der Waals surface area (Å²) in [4.78, 5) is 16.0. The monoisotopic (exact) mass is 309 g/mol. The number of rotatable bonds is 5. The Kier molecular flexibility index (Phi) is 3.80. The number of esters is 1. The Labute approximate surface area is 126 Å². The zero-order chi connectivity index (χ0) is 15.9. The third-order valence-corrected chi connectivity index (χ3v) is 3.67. The second-order valence-corrected chi connectivity index (χ2v) is 5.47. The van der Waals surface area contributed by atoms with Crippen molar-refractivity contribution < 1.29 is 18.3 Å². The van der Waals surface area contributed by atoms with E-state index in [0.29, 0.717) is 22.4 Å². The number of halogens is 2. The fraction of sp³-hybridized carbons (Fsp3) is 0.533. The van der Waals surface area contributed by atoms with Crippen LogP contribution in [0.15, 0.2) is 6.07 Å². The van der Waals surface area contributed by atoms with Gasteiger partial charge < -0.3 is 4.74 Å². The average molecular weight is 309 g/mol. The van der Waals surface area contributed by atoms with E-state index in [0.717, 1.165) is 12.8 Å². The first kappa shape index (κ1) is 14.9. The zero-order valence-electron chi connectivity index (χ0n) is 12.5. The largest absolute Gasteiger partial charge is 0.465 e. The van der Waals surface area contributed by atoms with Gasteiger partial charge in [-0.2, -0.15) is 5.10 Å². The maximum atomic E-state index is 13.4. The lowest BCUT2D eigenvalue weighted by Gasteiger charge is -2.06. The van der Waals surface area contributed by atoms with Gasteiger partial charge in [-0.1, -0.05) is 0 Å². The maximum absolute atomic E-state index is 13.4. The van der Waals surface area contributed by atoms with Crippen LogP contribution >= 0.6 is 0 Å². The average Bonchev–Trinajstić information content (AvgIpc) is 3.23. The van der Waals surface area contributed by atoms with Crippen molar-refractivity contribution in [1.82, 2.24) is 14.8 Å². The molecule has 0 aliphatic heterocycles. The van der Waals surface area contributed by atoms with Crippen molar-refractivity contribution >= 4 is 17.0 Å². The molecule has 22 heavy (non-hydrogen) atoms. The van der Waals surface area contributed by atoms with Gasteiger partial charge in [-0.25, -0.2) is 18.4 Å².